The Morgan fingerprint density at radius 1 is 1.23 bits per heavy atom. The molecule has 4 rings (SSSR count). The lowest BCUT2D eigenvalue weighted by Gasteiger charge is -2.04. The molecule has 0 fully saturated rings. The highest BCUT2D eigenvalue weighted by Crippen LogP contribution is 2.40. The van der Waals surface area contributed by atoms with Gasteiger partial charge in [0.25, 0.3) is 5.91 Å². The van der Waals surface area contributed by atoms with Crippen molar-refractivity contribution in [2.24, 2.45) is 0 Å². The number of nitrogens with zero attached hydrogens (tertiary/aromatic N) is 2. The normalized spacial score (nSPS) is 11.9. The van der Waals surface area contributed by atoms with Crippen LogP contribution >= 0.6 is 11.3 Å². The van der Waals surface area contributed by atoms with Gasteiger partial charge in [-0.1, -0.05) is 30.3 Å². The van der Waals surface area contributed by atoms with Crippen molar-refractivity contribution in [1.82, 2.24) is 9.97 Å². The van der Waals surface area contributed by atoms with E-state index >= 15 is 0 Å². The molecule has 108 valence electrons. The van der Waals surface area contributed by atoms with Gasteiger partial charge < -0.3 is 0 Å². The minimum absolute atomic E-state index is 0.209. The maximum absolute atomic E-state index is 12.3. The highest BCUT2D eigenvalue weighted by Gasteiger charge is 2.23. The van der Waals surface area contributed by atoms with Gasteiger partial charge in [-0.15, -0.1) is 11.3 Å². The number of hydrogen-bond acceptors (Lipinski definition) is 4. The molecule has 1 aliphatic carbocycles. The zero-order chi connectivity index (χ0) is 15.1. The molecule has 0 spiro atoms. The fourth-order valence-corrected chi connectivity index (χ4v) is 3.69. The lowest BCUT2D eigenvalue weighted by atomic mass is 10.1. The van der Waals surface area contributed by atoms with E-state index in [9.17, 15) is 4.79 Å². The Morgan fingerprint density at radius 3 is 2.95 bits per heavy atom. The van der Waals surface area contributed by atoms with Crippen LogP contribution in [0.3, 0.4) is 0 Å². The summed E-state index contributed by atoms with van der Waals surface area (Å²) in [7, 11) is 0. The smallest absolute Gasteiger partial charge is 0.276 e. The topological polar surface area (TPSA) is 54.9 Å². The van der Waals surface area contributed by atoms with Crippen LogP contribution in [0.2, 0.25) is 0 Å². The van der Waals surface area contributed by atoms with Crippen molar-refractivity contribution in [3.05, 3.63) is 64.3 Å². The van der Waals surface area contributed by atoms with Crippen molar-refractivity contribution >= 4 is 22.4 Å². The van der Waals surface area contributed by atoms with Crippen LogP contribution in [-0.2, 0) is 6.42 Å². The number of rotatable bonds is 2. The zero-order valence-electron chi connectivity index (χ0n) is 12.0. The van der Waals surface area contributed by atoms with Crippen molar-refractivity contribution in [2.75, 3.05) is 5.32 Å². The fourth-order valence-electron chi connectivity index (χ4n) is 2.69. The molecule has 0 bridgehead atoms. The Morgan fingerprint density at radius 2 is 2.09 bits per heavy atom. The van der Waals surface area contributed by atoms with Crippen LogP contribution in [0.4, 0.5) is 5.13 Å². The highest BCUT2D eigenvalue weighted by molar-refractivity contribution is 7.16. The monoisotopic (exact) mass is 307 g/mol. The van der Waals surface area contributed by atoms with Gasteiger partial charge in [0.15, 0.2) is 5.13 Å². The molecule has 0 aliphatic heterocycles. The minimum atomic E-state index is -0.209. The number of nitrogens with one attached hydrogen (secondary N) is 1. The molecule has 0 saturated carbocycles. The van der Waals surface area contributed by atoms with Gasteiger partial charge >= 0.3 is 0 Å². The number of aromatic nitrogens is 2. The summed E-state index contributed by atoms with van der Waals surface area (Å²) in [5, 5.41) is 3.50. The first kappa shape index (κ1) is 13.2. The average Bonchev–Trinajstić information content (AvgIpc) is 3.04. The van der Waals surface area contributed by atoms with E-state index in [0.717, 1.165) is 17.7 Å². The van der Waals surface area contributed by atoms with Gasteiger partial charge in [-0.05, 0) is 24.1 Å². The number of anilines is 1. The Labute approximate surface area is 131 Å². The van der Waals surface area contributed by atoms with Crippen molar-refractivity contribution in [1.29, 1.82) is 0 Å². The third-order valence-corrected chi connectivity index (χ3v) is 4.74. The van der Waals surface area contributed by atoms with Gasteiger partial charge in [-0.2, -0.15) is 0 Å². The van der Waals surface area contributed by atoms with Gasteiger partial charge in [0.2, 0.25) is 0 Å². The van der Waals surface area contributed by atoms with Crippen LogP contribution in [0.1, 0.15) is 26.5 Å². The molecule has 4 nitrogen and oxygen atoms in total. The number of amides is 1. The van der Waals surface area contributed by atoms with E-state index < -0.39 is 0 Å². The molecular formula is C17H13N3OS. The SMILES string of the molecule is Cc1cccnc1C(=O)Nc1nc2c(s1)Cc1ccccc1-2. The molecule has 0 radical (unpaired) electrons. The van der Waals surface area contributed by atoms with Gasteiger partial charge in [-0.25, -0.2) is 4.98 Å². The van der Waals surface area contributed by atoms with Crippen LogP contribution < -0.4 is 5.32 Å². The van der Waals surface area contributed by atoms with E-state index in [-0.39, 0.29) is 5.91 Å². The zero-order valence-corrected chi connectivity index (χ0v) is 12.8. The van der Waals surface area contributed by atoms with Crippen molar-refractivity contribution in [3.63, 3.8) is 0 Å². The first-order valence-corrected chi connectivity index (χ1v) is 7.85. The average molecular weight is 307 g/mol. The van der Waals surface area contributed by atoms with Crippen molar-refractivity contribution in [3.8, 4) is 11.3 Å². The second kappa shape index (κ2) is 5.03. The van der Waals surface area contributed by atoms with Crippen molar-refractivity contribution < 1.29 is 4.79 Å². The van der Waals surface area contributed by atoms with Gasteiger partial charge in [-0.3, -0.25) is 15.1 Å². The third-order valence-electron chi connectivity index (χ3n) is 3.77. The summed E-state index contributed by atoms with van der Waals surface area (Å²) < 4.78 is 0. The molecule has 1 N–H and O–H groups in total. The second-order valence-electron chi connectivity index (χ2n) is 5.25. The number of fused-ring (bicyclic) bond motifs is 3. The standard InChI is InChI=1S/C17H13N3OS/c1-10-5-4-8-18-14(10)16(21)20-17-19-15-12-7-3-2-6-11(12)9-13(15)22-17/h2-8H,9H2,1H3,(H,19,20,21). The summed E-state index contributed by atoms with van der Waals surface area (Å²) in [4.78, 5) is 22.2. The third kappa shape index (κ3) is 2.10. The lowest BCUT2D eigenvalue weighted by Crippen LogP contribution is -2.14. The molecule has 2 aromatic heterocycles. The quantitative estimate of drug-likeness (QED) is 0.615. The van der Waals surface area contributed by atoms with Crippen molar-refractivity contribution in [2.45, 2.75) is 13.3 Å². The summed E-state index contributed by atoms with van der Waals surface area (Å²) >= 11 is 1.54. The summed E-state index contributed by atoms with van der Waals surface area (Å²) in [5.41, 5.74) is 4.76. The molecule has 0 saturated heterocycles. The van der Waals surface area contributed by atoms with E-state index in [2.05, 4.69) is 27.4 Å². The van der Waals surface area contributed by atoms with E-state index in [1.165, 1.54) is 27.3 Å². The number of benzene rings is 1. The van der Waals surface area contributed by atoms with Crippen LogP contribution in [0, 0.1) is 6.92 Å². The Balaban J connectivity index is 1.62. The van der Waals surface area contributed by atoms with Crippen LogP contribution in [0.5, 0.6) is 0 Å². The minimum Gasteiger partial charge on any atom is -0.296 e. The Hall–Kier alpha value is -2.53. The van der Waals surface area contributed by atoms with Crippen LogP contribution in [-0.4, -0.2) is 15.9 Å². The number of carbonyl (C=O) groups is 1. The molecule has 1 aliphatic rings. The fraction of sp³-hybridized carbons (Fsp3) is 0.118. The van der Waals surface area contributed by atoms with Gasteiger partial charge in [0, 0.05) is 23.1 Å². The Bertz CT molecular complexity index is 885. The molecule has 0 atom stereocenters. The highest BCUT2D eigenvalue weighted by atomic mass is 32.1. The van der Waals surface area contributed by atoms with Gasteiger partial charge in [0.1, 0.15) is 5.69 Å². The molecule has 22 heavy (non-hydrogen) atoms. The van der Waals surface area contributed by atoms with Crippen LogP contribution in [0.25, 0.3) is 11.3 Å². The molecular weight excluding hydrogens is 294 g/mol. The maximum Gasteiger partial charge on any atom is 0.276 e. The molecule has 1 aromatic carbocycles. The molecule has 3 aromatic rings. The number of aryl methyl sites for hydroxylation is 1. The van der Waals surface area contributed by atoms with E-state index in [0.29, 0.717) is 10.8 Å². The second-order valence-corrected chi connectivity index (χ2v) is 6.33. The number of pyridine rings is 1. The maximum atomic E-state index is 12.3. The van der Waals surface area contributed by atoms with E-state index in [1.54, 1.807) is 6.20 Å². The predicted molar refractivity (Wildman–Crippen MR) is 87.3 cm³/mol. The summed E-state index contributed by atoms with van der Waals surface area (Å²) in [6.07, 6.45) is 2.52. The summed E-state index contributed by atoms with van der Waals surface area (Å²) in [6, 6.07) is 12.0. The summed E-state index contributed by atoms with van der Waals surface area (Å²) in [6.45, 7) is 1.87. The first-order valence-electron chi connectivity index (χ1n) is 7.03. The predicted octanol–water partition coefficient (Wildman–Crippen LogP) is 3.67. The molecule has 1 amide bonds. The molecule has 5 heteroatoms. The molecule has 0 unspecified atom stereocenters. The molecule has 2 heterocycles. The first-order chi connectivity index (χ1) is 10.7. The number of thiazole rings is 1. The largest absolute Gasteiger partial charge is 0.296 e. The van der Waals surface area contributed by atoms with E-state index in [4.69, 9.17) is 0 Å². The lowest BCUT2D eigenvalue weighted by molar-refractivity contribution is 0.102. The number of carbonyl (C=O) groups excluding carboxylic acids is 1. The summed E-state index contributed by atoms with van der Waals surface area (Å²) in [5.74, 6) is -0.209. The Kier molecular flexibility index (Phi) is 3.01. The van der Waals surface area contributed by atoms with Crippen LogP contribution in [0.15, 0.2) is 42.6 Å². The van der Waals surface area contributed by atoms with Gasteiger partial charge in [0.05, 0.1) is 5.69 Å². The van der Waals surface area contributed by atoms with E-state index in [1.807, 2.05) is 31.2 Å². The number of hydrogen-bond donors (Lipinski definition) is 1.